The van der Waals surface area contributed by atoms with Crippen molar-refractivity contribution in [2.24, 2.45) is 0 Å². The summed E-state index contributed by atoms with van der Waals surface area (Å²) < 4.78 is 0. The van der Waals surface area contributed by atoms with Crippen LogP contribution in [0.3, 0.4) is 0 Å². The lowest BCUT2D eigenvalue weighted by Gasteiger charge is -2.11. The maximum absolute atomic E-state index is 11.8. The van der Waals surface area contributed by atoms with Gasteiger partial charge in [-0.1, -0.05) is 56.3 Å². The molecule has 0 aliphatic heterocycles. The Balaban J connectivity index is 2.11. The Morgan fingerprint density at radius 2 is 1.83 bits per heavy atom. The number of fused-ring (bicyclic) bond motifs is 1. The van der Waals surface area contributed by atoms with Gasteiger partial charge in [-0.05, 0) is 41.6 Å². The number of aromatic nitrogens is 1. The zero-order chi connectivity index (χ0) is 16.4. The van der Waals surface area contributed by atoms with Crippen LogP contribution in [0.5, 0.6) is 0 Å². The van der Waals surface area contributed by atoms with Gasteiger partial charge in [-0.15, -0.1) is 0 Å². The Bertz CT molecular complexity index is 855. The van der Waals surface area contributed by atoms with Crippen LogP contribution in [0.4, 0.5) is 0 Å². The predicted octanol–water partition coefficient (Wildman–Crippen LogP) is 5.79. The molecule has 1 atom stereocenters. The van der Waals surface area contributed by atoms with Gasteiger partial charge in [-0.3, -0.25) is 4.79 Å². The lowest BCUT2D eigenvalue weighted by atomic mass is 9.96. The molecule has 0 fully saturated rings. The minimum absolute atomic E-state index is 0.457. The highest BCUT2D eigenvalue weighted by Crippen LogP contribution is 2.27. The van der Waals surface area contributed by atoms with E-state index < -0.39 is 5.24 Å². The van der Waals surface area contributed by atoms with Crippen molar-refractivity contribution in [3.8, 4) is 11.3 Å². The molecule has 0 radical (unpaired) electrons. The summed E-state index contributed by atoms with van der Waals surface area (Å²) in [5, 5.41) is 0.327. The molecular formula is C20H18ClNO. The molecule has 0 aliphatic carbocycles. The fourth-order valence-corrected chi connectivity index (χ4v) is 2.86. The fraction of sp³-hybridized carbons (Fsp3) is 0.200. The first kappa shape index (κ1) is 15.7. The van der Waals surface area contributed by atoms with E-state index in [2.05, 4.69) is 43.1 Å². The number of halogens is 1. The Hall–Kier alpha value is -2.19. The predicted molar refractivity (Wildman–Crippen MR) is 96.1 cm³/mol. The molecule has 3 heteroatoms. The molecule has 0 N–H and O–H groups in total. The summed E-state index contributed by atoms with van der Waals surface area (Å²) in [5.41, 5.74) is 4.34. The van der Waals surface area contributed by atoms with Crippen molar-refractivity contribution in [2.75, 3.05) is 0 Å². The van der Waals surface area contributed by atoms with Gasteiger partial charge in [0.15, 0.2) is 0 Å². The lowest BCUT2D eigenvalue weighted by molar-refractivity contribution is 0.108. The second-order valence-corrected chi connectivity index (χ2v) is 6.12. The van der Waals surface area contributed by atoms with Crippen molar-refractivity contribution in [1.29, 1.82) is 0 Å². The van der Waals surface area contributed by atoms with Crippen molar-refractivity contribution in [3.05, 3.63) is 65.7 Å². The topological polar surface area (TPSA) is 30.0 Å². The second kappa shape index (κ2) is 6.51. The number of pyridine rings is 1. The molecule has 0 saturated carbocycles. The number of carbonyl (C=O) groups is 1. The van der Waals surface area contributed by atoms with Crippen LogP contribution in [0.25, 0.3) is 22.2 Å². The Morgan fingerprint density at radius 3 is 2.48 bits per heavy atom. The zero-order valence-corrected chi connectivity index (χ0v) is 14.0. The van der Waals surface area contributed by atoms with Gasteiger partial charge in [-0.25, -0.2) is 4.98 Å². The number of nitrogens with zero attached hydrogens (tertiary/aromatic N) is 1. The minimum atomic E-state index is -0.457. The number of hydrogen-bond donors (Lipinski definition) is 0. The van der Waals surface area contributed by atoms with Crippen LogP contribution in [0, 0.1) is 0 Å². The monoisotopic (exact) mass is 323 g/mol. The molecule has 3 aromatic rings. The minimum Gasteiger partial charge on any atom is -0.276 e. The van der Waals surface area contributed by atoms with Gasteiger partial charge in [0.2, 0.25) is 0 Å². The molecule has 2 aromatic carbocycles. The van der Waals surface area contributed by atoms with E-state index >= 15 is 0 Å². The third-order valence-electron chi connectivity index (χ3n) is 4.32. The molecule has 2 nitrogen and oxygen atoms in total. The molecule has 23 heavy (non-hydrogen) atoms. The van der Waals surface area contributed by atoms with Crippen molar-refractivity contribution < 1.29 is 4.79 Å². The number of rotatable bonds is 4. The summed E-state index contributed by atoms with van der Waals surface area (Å²) in [7, 11) is 0. The third-order valence-corrected chi connectivity index (χ3v) is 4.52. The van der Waals surface area contributed by atoms with Gasteiger partial charge in [0, 0.05) is 16.5 Å². The number of benzene rings is 2. The molecular weight excluding hydrogens is 306 g/mol. The van der Waals surface area contributed by atoms with E-state index in [-0.39, 0.29) is 0 Å². The van der Waals surface area contributed by atoms with Crippen LogP contribution >= 0.6 is 11.6 Å². The second-order valence-electron chi connectivity index (χ2n) is 5.78. The largest absolute Gasteiger partial charge is 0.276 e. The molecule has 116 valence electrons. The fourth-order valence-electron chi connectivity index (χ4n) is 2.70. The highest BCUT2D eigenvalue weighted by atomic mass is 35.5. The first-order valence-electron chi connectivity index (χ1n) is 7.80. The van der Waals surface area contributed by atoms with E-state index in [9.17, 15) is 4.79 Å². The molecule has 0 unspecified atom stereocenters. The summed E-state index contributed by atoms with van der Waals surface area (Å²) in [6.45, 7) is 4.40. The van der Waals surface area contributed by atoms with E-state index in [4.69, 9.17) is 11.6 Å². The zero-order valence-electron chi connectivity index (χ0n) is 13.2. The SMILES string of the molecule is CC[C@@H](C)c1ccc(-c2cc(C(=O)Cl)c3ccccc3n2)cc1. The van der Waals surface area contributed by atoms with Crippen molar-refractivity contribution >= 4 is 27.7 Å². The van der Waals surface area contributed by atoms with Crippen LogP contribution in [-0.4, -0.2) is 10.2 Å². The molecule has 0 aliphatic rings. The van der Waals surface area contributed by atoms with Gasteiger partial charge in [0.1, 0.15) is 0 Å². The summed E-state index contributed by atoms with van der Waals surface area (Å²) in [4.78, 5) is 16.4. The first-order valence-corrected chi connectivity index (χ1v) is 8.18. The lowest BCUT2D eigenvalue weighted by Crippen LogP contribution is -1.96. The van der Waals surface area contributed by atoms with Crippen LogP contribution in [-0.2, 0) is 0 Å². The summed E-state index contributed by atoms with van der Waals surface area (Å²) in [6.07, 6.45) is 1.11. The van der Waals surface area contributed by atoms with E-state index in [0.29, 0.717) is 11.5 Å². The normalized spacial score (nSPS) is 12.3. The van der Waals surface area contributed by atoms with Crippen molar-refractivity contribution in [3.63, 3.8) is 0 Å². The van der Waals surface area contributed by atoms with E-state index in [1.165, 1.54) is 5.56 Å². The van der Waals surface area contributed by atoms with Crippen molar-refractivity contribution in [1.82, 2.24) is 4.98 Å². The van der Waals surface area contributed by atoms with Crippen molar-refractivity contribution in [2.45, 2.75) is 26.2 Å². The maximum atomic E-state index is 11.8. The molecule has 1 heterocycles. The van der Waals surface area contributed by atoms with E-state index in [0.717, 1.165) is 28.6 Å². The average Bonchev–Trinajstić information content (AvgIpc) is 2.60. The molecule has 0 bridgehead atoms. The molecule has 1 aromatic heterocycles. The summed E-state index contributed by atoms with van der Waals surface area (Å²) in [5.74, 6) is 0.536. The number of para-hydroxylation sites is 1. The number of carbonyl (C=O) groups excluding carboxylic acids is 1. The summed E-state index contributed by atoms with van der Waals surface area (Å²) in [6, 6.07) is 17.7. The van der Waals surface area contributed by atoms with Gasteiger partial charge >= 0.3 is 0 Å². The number of hydrogen-bond acceptors (Lipinski definition) is 2. The Kier molecular flexibility index (Phi) is 4.44. The Labute approximate surface area is 141 Å². The van der Waals surface area contributed by atoms with Crippen LogP contribution < -0.4 is 0 Å². The van der Waals surface area contributed by atoms with Gasteiger partial charge in [-0.2, -0.15) is 0 Å². The van der Waals surface area contributed by atoms with Crippen LogP contribution in [0.1, 0.15) is 42.1 Å². The van der Waals surface area contributed by atoms with E-state index in [1.54, 1.807) is 6.07 Å². The molecule has 0 amide bonds. The van der Waals surface area contributed by atoms with Gasteiger partial charge in [0.25, 0.3) is 5.24 Å². The standard InChI is InChI=1S/C20H18ClNO/c1-3-13(2)14-8-10-15(11-9-14)19-12-17(20(21)23)16-6-4-5-7-18(16)22-19/h4-13H,3H2,1-2H3/t13-/m1/s1. The van der Waals surface area contributed by atoms with Gasteiger partial charge < -0.3 is 0 Å². The highest BCUT2D eigenvalue weighted by Gasteiger charge is 2.12. The average molecular weight is 324 g/mol. The van der Waals surface area contributed by atoms with Gasteiger partial charge in [0.05, 0.1) is 11.2 Å². The smallest absolute Gasteiger partial charge is 0.253 e. The Morgan fingerprint density at radius 1 is 1.13 bits per heavy atom. The third kappa shape index (κ3) is 3.13. The summed E-state index contributed by atoms with van der Waals surface area (Å²) >= 11 is 5.76. The van der Waals surface area contributed by atoms with Crippen LogP contribution in [0.2, 0.25) is 0 Å². The molecule has 3 rings (SSSR count). The quantitative estimate of drug-likeness (QED) is 0.568. The maximum Gasteiger partial charge on any atom is 0.253 e. The highest BCUT2D eigenvalue weighted by molar-refractivity contribution is 6.68. The molecule has 0 saturated heterocycles. The molecule has 0 spiro atoms. The first-order chi connectivity index (χ1) is 11.1. The van der Waals surface area contributed by atoms with E-state index in [1.807, 2.05) is 24.3 Å². The van der Waals surface area contributed by atoms with Crippen LogP contribution in [0.15, 0.2) is 54.6 Å².